The quantitative estimate of drug-likeness (QED) is 0.426. The Morgan fingerprint density at radius 1 is 0.946 bits per heavy atom. The average molecular weight is 522 g/mol. The molecule has 4 rings (SSSR count). The minimum Gasteiger partial charge on any atom is -0.352 e. The molecule has 0 radical (unpaired) electrons. The number of carbonyl (C=O) groups excluding carboxylic acids is 2. The van der Waals surface area contributed by atoms with Crippen molar-refractivity contribution in [3.63, 3.8) is 0 Å². The molecule has 0 heterocycles. The summed E-state index contributed by atoms with van der Waals surface area (Å²) in [6, 6.07) is 21.8. The van der Waals surface area contributed by atoms with E-state index in [2.05, 4.69) is 5.32 Å². The molecular weight excluding hydrogens is 486 g/mol. The molecule has 0 spiro atoms. The lowest BCUT2D eigenvalue weighted by Gasteiger charge is -2.33. The van der Waals surface area contributed by atoms with Crippen molar-refractivity contribution < 1.29 is 18.0 Å². The fourth-order valence-corrected chi connectivity index (χ4v) is 5.95. The SMILES string of the molecule is CC[C@H](C(=O)NC1CCCC1)N(Cc1ccccc1)C(=O)CN(c1cccc2ccccc12)S(C)(=O)=O. The van der Waals surface area contributed by atoms with Crippen LogP contribution in [0.2, 0.25) is 0 Å². The van der Waals surface area contributed by atoms with E-state index in [4.69, 9.17) is 0 Å². The monoisotopic (exact) mass is 521 g/mol. The summed E-state index contributed by atoms with van der Waals surface area (Å²) in [4.78, 5) is 28.8. The maximum atomic E-state index is 13.9. The number of fused-ring (bicyclic) bond motifs is 1. The molecule has 3 aromatic rings. The molecule has 1 aliphatic carbocycles. The van der Waals surface area contributed by atoms with Gasteiger partial charge in [0.05, 0.1) is 11.9 Å². The summed E-state index contributed by atoms with van der Waals surface area (Å²) in [5, 5.41) is 4.74. The zero-order chi connectivity index (χ0) is 26.4. The second kappa shape index (κ2) is 11.8. The van der Waals surface area contributed by atoms with Crippen LogP contribution in [0.3, 0.4) is 0 Å². The van der Waals surface area contributed by atoms with E-state index in [1.165, 1.54) is 4.90 Å². The molecule has 0 aromatic heterocycles. The Balaban J connectivity index is 1.67. The van der Waals surface area contributed by atoms with Crippen LogP contribution < -0.4 is 9.62 Å². The molecule has 1 atom stereocenters. The highest BCUT2D eigenvalue weighted by Crippen LogP contribution is 2.29. The first kappa shape index (κ1) is 26.7. The average Bonchev–Trinajstić information content (AvgIpc) is 3.39. The van der Waals surface area contributed by atoms with Crippen LogP contribution in [0.5, 0.6) is 0 Å². The largest absolute Gasteiger partial charge is 0.352 e. The molecule has 8 heteroatoms. The van der Waals surface area contributed by atoms with Crippen molar-refractivity contribution in [2.24, 2.45) is 0 Å². The zero-order valence-electron chi connectivity index (χ0n) is 21.5. The van der Waals surface area contributed by atoms with Crippen LogP contribution in [0.25, 0.3) is 10.8 Å². The van der Waals surface area contributed by atoms with E-state index in [0.29, 0.717) is 12.1 Å². The summed E-state index contributed by atoms with van der Waals surface area (Å²) in [6.45, 7) is 1.69. The molecule has 37 heavy (non-hydrogen) atoms. The van der Waals surface area contributed by atoms with Crippen LogP contribution in [0.1, 0.15) is 44.6 Å². The first-order valence-electron chi connectivity index (χ1n) is 12.9. The number of hydrogen-bond donors (Lipinski definition) is 1. The Hall–Kier alpha value is -3.39. The van der Waals surface area contributed by atoms with Crippen LogP contribution in [-0.4, -0.2) is 50.0 Å². The molecule has 196 valence electrons. The predicted octanol–water partition coefficient (Wildman–Crippen LogP) is 4.47. The summed E-state index contributed by atoms with van der Waals surface area (Å²) >= 11 is 0. The molecule has 2 amide bonds. The number of benzene rings is 3. The Kier molecular flexibility index (Phi) is 8.48. The molecule has 0 bridgehead atoms. The summed E-state index contributed by atoms with van der Waals surface area (Å²) in [7, 11) is -3.80. The van der Waals surface area contributed by atoms with Gasteiger partial charge in [0.25, 0.3) is 0 Å². The predicted molar refractivity (Wildman–Crippen MR) is 148 cm³/mol. The number of nitrogens with zero attached hydrogens (tertiary/aromatic N) is 2. The Morgan fingerprint density at radius 3 is 2.27 bits per heavy atom. The van der Waals surface area contributed by atoms with E-state index in [1.54, 1.807) is 12.1 Å². The van der Waals surface area contributed by atoms with Crippen molar-refractivity contribution in [2.45, 2.75) is 57.7 Å². The van der Waals surface area contributed by atoms with E-state index in [9.17, 15) is 18.0 Å². The van der Waals surface area contributed by atoms with Gasteiger partial charge in [-0.3, -0.25) is 13.9 Å². The van der Waals surface area contributed by atoms with Crippen molar-refractivity contribution in [1.82, 2.24) is 10.2 Å². The normalized spacial score (nSPS) is 14.9. The fourth-order valence-electron chi connectivity index (χ4n) is 5.09. The molecule has 3 aromatic carbocycles. The van der Waals surface area contributed by atoms with Crippen molar-refractivity contribution in [1.29, 1.82) is 0 Å². The minimum absolute atomic E-state index is 0.124. The van der Waals surface area contributed by atoms with Gasteiger partial charge in [0, 0.05) is 18.0 Å². The number of amides is 2. The standard InChI is InChI=1S/C29H35N3O4S/c1-3-26(29(34)30-24-16-8-9-17-24)31(20-22-12-5-4-6-13-22)28(33)21-32(37(2,35)36)27-19-11-15-23-14-7-10-18-25(23)27/h4-7,10-15,18-19,24,26H,3,8-9,16-17,20-21H2,1-2H3,(H,30,34)/t26-/m1/s1. The second-order valence-electron chi connectivity index (χ2n) is 9.69. The summed E-state index contributed by atoms with van der Waals surface area (Å²) < 4.78 is 27.1. The van der Waals surface area contributed by atoms with Crippen molar-refractivity contribution in [2.75, 3.05) is 17.1 Å². The van der Waals surface area contributed by atoms with Crippen LogP contribution in [-0.2, 0) is 26.2 Å². The Labute approximate surface area is 219 Å². The molecule has 1 aliphatic rings. The molecule has 0 saturated heterocycles. The first-order valence-corrected chi connectivity index (χ1v) is 14.7. The van der Waals surface area contributed by atoms with Gasteiger partial charge >= 0.3 is 0 Å². The van der Waals surface area contributed by atoms with Gasteiger partial charge in [-0.2, -0.15) is 0 Å². The van der Waals surface area contributed by atoms with Gasteiger partial charge in [-0.15, -0.1) is 0 Å². The second-order valence-corrected chi connectivity index (χ2v) is 11.6. The lowest BCUT2D eigenvalue weighted by Crippen LogP contribution is -2.53. The fraction of sp³-hybridized carbons (Fsp3) is 0.379. The van der Waals surface area contributed by atoms with Gasteiger partial charge in [-0.1, -0.05) is 86.5 Å². The molecule has 0 aliphatic heterocycles. The van der Waals surface area contributed by atoms with Gasteiger partial charge in [0.1, 0.15) is 12.6 Å². The number of sulfonamides is 1. The van der Waals surface area contributed by atoms with E-state index < -0.39 is 28.5 Å². The molecule has 1 N–H and O–H groups in total. The summed E-state index contributed by atoms with van der Waals surface area (Å²) in [5.74, 6) is -0.606. The van der Waals surface area contributed by atoms with Crippen molar-refractivity contribution >= 4 is 38.3 Å². The maximum absolute atomic E-state index is 13.9. The van der Waals surface area contributed by atoms with Crippen molar-refractivity contribution in [3.8, 4) is 0 Å². The highest BCUT2D eigenvalue weighted by molar-refractivity contribution is 7.92. The van der Waals surface area contributed by atoms with Crippen LogP contribution in [0, 0.1) is 0 Å². The summed E-state index contributed by atoms with van der Waals surface area (Å²) in [6.07, 6.45) is 5.58. The highest BCUT2D eigenvalue weighted by Gasteiger charge is 2.33. The van der Waals surface area contributed by atoms with E-state index >= 15 is 0 Å². The van der Waals surface area contributed by atoms with E-state index in [-0.39, 0.29) is 18.5 Å². The number of carbonyl (C=O) groups is 2. The number of anilines is 1. The number of hydrogen-bond acceptors (Lipinski definition) is 4. The number of rotatable bonds is 10. The third kappa shape index (κ3) is 6.49. The molecule has 7 nitrogen and oxygen atoms in total. The molecule has 1 saturated carbocycles. The van der Waals surface area contributed by atoms with Crippen LogP contribution >= 0.6 is 0 Å². The third-order valence-electron chi connectivity index (χ3n) is 7.00. The zero-order valence-corrected chi connectivity index (χ0v) is 22.3. The van der Waals surface area contributed by atoms with Gasteiger partial charge < -0.3 is 10.2 Å². The summed E-state index contributed by atoms with van der Waals surface area (Å²) in [5.41, 5.74) is 1.32. The molecular formula is C29H35N3O4S. The van der Waals surface area contributed by atoms with Gasteiger partial charge in [0.2, 0.25) is 21.8 Å². The maximum Gasteiger partial charge on any atom is 0.244 e. The van der Waals surface area contributed by atoms with E-state index in [0.717, 1.165) is 52.6 Å². The third-order valence-corrected chi connectivity index (χ3v) is 8.12. The van der Waals surface area contributed by atoms with Crippen LogP contribution in [0.4, 0.5) is 5.69 Å². The van der Waals surface area contributed by atoms with Crippen LogP contribution in [0.15, 0.2) is 72.8 Å². The van der Waals surface area contributed by atoms with Gasteiger partial charge in [0.15, 0.2) is 0 Å². The topological polar surface area (TPSA) is 86.8 Å². The number of nitrogens with one attached hydrogen (secondary N) is 1. The van der Waals surface area contributed by atoms with Crippen molar-refractivity contribution in [3.05, 3.63) is 78.4 Å². The van der Waals surface area contributed by atoms with Gasteiger partial charge in [-0.25, -0.2) is 8.42 Å². The first-order chi connectivity index (χ1) is 17.8. The lowest BCUT2D eigenvalue weighted by molar-refractivity contribution is -0.140. The highest BCUT2D eigenvalue weighted by atomic mass is 32.2. The molecule has 1 fully saturated rings. The smallest absolute Gasteiger partial charge is 0.244 e. The Morgan fingerprint density at radius 2 is 1.59 bits per heavy atom. The molecule has 0 unspecified atom stereocenters. The van der Waals surface area contributed by atoms with E-state index in [1.807, 2.05) is 67.6 Å². The lowest BCUT2D eigenvalue weighted by atomic mass is 10.1. The van der Waals surface area contributed by atoms with Gasteiger partial charge in [-0.05, 0) is 36.3 Å². The minimum atomic E-state index is -3.80. The Bertz CT molecular complexity index is 1330.